The molecule has 0 fully saturated rings. The van der Waals surface area contributed by atoms with E-state index in [-0.39, 0.29) is 5.82 Å². The van der Waals surface area contributed by atoms with Crippen LogP contribution in [0.25, 0.3) is 0 Å². The Morgan fingerprint density at radius 2 is 1.87 bits per heavy atom. The first kappa shape index (κ1) is 9.45. The smallest absolute Gasteiger partial charge is 0.132 e. The Morgan fingerprint density at radius 1 is 1.13 bits per heavy atom. The lowest BCUT2D eigenvalue weighted by molar-refractivity contribution is 0.628. The molecule has 1 aromatic carbocycles. The van der Waals surface area contributed by atoms with Gasteiger partial charge in [0, 0.05) is 23.6 Å². The molecule has 15 heavy (non-hydrogen) atoms. The first-order valence-corrected chi connectivity index (χ1v) is 4.48. The second kappa shape index (κ2) is 3.96. The van der Waals surface area contributed by atoms with Crippen molar-refractivity contribution in [3.8, 4) is 0 Å². The van der Waals surface area contributed by atoms with Crippen LogP contribution in [-0.2, 0) is 0 Å². The van der Waals surface area contributed by atoms with E-state index in [9.17, 15) is 4.39 Å². The number of anilines is 3. The summed E-state index contributed by atoms with van der Waals surface area (Å²) < 4.78 is 12.6. The minimum atomic E-state index is -0.263. The average Bonchev–Trinajstić information content (AvgIpc) is 2.22. The second-order valence-electron chi connectivity index (χ2n) is 3.11. The SMILES string of the molecule is Nc1ccnc(Nc2ccc(F)cc2)c1. The van der Waals surface area contributed by atoms with Gasteiger partial charge in [0.25, 0.3) is 0 Å². The number of halogens is 1. The minimum Gasteiger partial charge on any atom is -0.399 e. The molecule has 0 saturated heterocycles. The van der Waals surface area contributed by atoms with Crippen LogP contribution in [0.4, 0.5) is 21.6 Å². The van der Waals surface area contributed by atoms with Crippen molar-refractivity contribution in [3.05, 3.63) is 48.4 Å². The number of nitrogens with one attached hydrogen (secondary N) is 1. The fraction of sp³-hybridized carbons (Fsp3) is 0. The molecule has 2 aromatic rings. The summed E-state index contributed by atoms with van der Waals surface area (Å²) in [5.74, 6) is 0.377. The first-order valence-electron chi connectivity index (χ1n) is 4.48. The van der Waals surface area contributed by atoms with Crippen molar-refractivity contribution in [2.75, 3.05) is 11.1 Å². The summed E-state index contributed by atoms with van der Waals surface area (Å²) in [4.78, 5) is 4.07. The van der Waals surface area contributed by atoms with Crippen LogP contribution >= 0.6 is 0 Å². The van der Waals surface area contributed by atoms with E-state index in [1.54, 1.807) is 30.5 Å². The monoisotopic (exact) mass is 203 g/mol. The fourth-order valence-electron chi connectivity index (χ4n) is 1.20. The summed E-state index contributed by atoms with van der Waals surface area (Å²) in [7, 11) is 0. The Balaban J connectivity index is 2.18. The summed E-state index contributed by atoms with van der Waals surface area (Å²) in [6, 6.07) is 9.46. The van der Waals surface area contributed by atoms with Crippen LogP contribution < -0.4 is 11.1 Å². The maximum Gasteiger partial charge on any atom is 0.132 e. The van der Waals surface area contributed by atoms with Gasteiger partial charge in [-0.05, 0) is 30.3 Å². The van der Waals surface area contributed by atoms with Gasteiger partial charge >= 0.3 is 0 Å². The molecule has 0 aliphatic carbocycles. The third kappa shape index (κ3) is 2.43. The Morgan fingerprint density at radius 3 is 2.53 bits per heavy atom. The molecule has 0 radical (unpaired) electrons. The van der Waals surface area contributed by atoms with Crippen LogP contribution in [0.1, 0.15) is 0 Å². The summed E-state index contributed by atoms with van der Waals surface area (Å²) in [6.07, 6.45) is 1.61. The van der Waals surface area contributed by atoms with E-state index in [4.69, 9.17) is 5.73 Å². The largest absolute Gasteiger partial charge is 0.399 e. The maximum absolute atomic E-state index is 12.6. The zero-order chi connectivity index (χ0) is 10.7. The molecule has 0 spiro atoms. The van der Waals surface area contributed by atoms with Crippen LogP contribution in [0.2, 0.25) is 0 Å². The van der Waals surface area contributed by atoms with E-state index in [2.05, 4.69) is 10.3 Å². The van der Waals surface area contributed by atoms with Crippen molar-refractivity contribution in [2.24, 2.45) is 0 Å². The average molecular weight is 203 g/mol. The van der Waals surface area contributed by atoms with E-state index in [1.807, 2.05) is 0 Å². The highest BCUT2D eigenvalue weighted by atomic mass is 19.1. The molecule has 0 aliphatic rings. The van der Waals surface area contributed by atoms with E-state index in [1.165, 1.54) is 12.1 Å². The summed E-state index contributed by atoms with van der Waals surface area (Å²) in [5.41, 5.74) is 7.00. The summed E-state index contributed by atoms with van der Waals surface area (Å²) in [6.45, 7) is 0. The number of aromatic nitrogens is 1. The molecule has 0 aliphatic heterocycles. The second-order valence-corrected chi connectivity index (χ2v) is 3.11. The molecule has 4 heteroatoms. The molecule has 1 heterocycles. The van der Waals surface area contributed by atoms with Gasteiger partial charge in [-0.15, -0.1) is 0 Å². The quantitative estimate of drug-likeness (QED) is 0.788. The summed E-state index contributed by atoms with van der Waals surface area (Å²) >= 11 is 0. The first-order chi connectivity index (χ1) is 7.24. The van der Waals surface area contributed by atoms with Gasteiger partial charge in [0.1, 0.15) is 11.6 Å². The molecule has 2 rings (SSSR count). The predicted octanol–water partition coefficient (Wildman–Crippen LogP) is 2.55. The molecule has 0 amide bonds. The molecule has 3 nitrogen and oxygen atoms in total. The molecule has 0 atom stereocenters. The Hall–Kier alpha value is -2.10. The highest BCUT2D eigenvalue weighted by Crippen LogP contribution is 2.16. The van der Waals surface area contributed by atoms with Gasteiger partial charge in [-0.3, -0.25) is 0 Å². The number of nitrogen functional groups attached to an aromatic ring is 1. The van der Waals surface area contributed by atoms with E-state index >= 15 is 0 Å². The van der Waals surface area contributed by atoms with Crippen molar-refractivity contribution < 1.29 is 4.39 Å². The third-order valence-corrected chi connectivity index (χ3v) is 1.90. The number of rotatable bonds is 2. The van der Waals surface area contributed by atoms with Crippen LogP contribution in [0.15, 0.2) is 42.6 Å². The van der Waals surface area contributed by atoms with Crippen molar-refractivity contribution in [2.45, 2.75) is 0 Å². The van der Waals surface area contributed by atoms with Gasteiger partial charge in [-0.2, -0.15) is 0 Å². The van der Waals surface area contributed by atoms with Crippen LogP contribution in [-0.4, -0.2) is 4.98 Å². The topological polar surface area (TPSA) is 50.9 Å². The van der Waals surface area contributed by atoms with Gasteiger partial charge in [0.2, 0.25) is 0 Å². The third-order valence-electron chi connectivity index (χ3n) is 1.90. The Bertz CT molecular complexity index is 454. The zero-order valence-electron chi connectivity index (χ0n) is 7.94. The molecular weight excluding hydrogens is 193 g/mol. The van der Waals surface area contributed by atoms with E-state index in [0.717, 1.165) is 5.69 Å². The van der Waals surface area contributed by atoms with Crippen molar-refractivity contribution >= 4 is 17.2 Å². The van der Waals surface area contributed by atoms with Crippen LogP contribution in [0, 0.1) is 5.82 Å². The number of nitrogens with two attached hydrogens (primary N) is 1. The fourth-order valence-corrected chi connectivity index (χ4v) is 1.20. The molecule has 3 N–H and O–H groups in total. The number of hydrogen-bond acceptors (Lipinski definition) is 3. The highest BCUT2D eigenvalue weighted by molar-refractivity contribution is 5.59. The molecule has 76 valence electrons. The van der Waals surface area contributed by atoms with Crippen molar-refractivity contribution in [1.82, 2.24) is 4.98 Å². The van der Waals surface area contributed by atoms with E-state index in [0.29, 0.717) is 11.5 Å². The molecular formula is C11H10FN3. The molecule has 1 aromatic heterocycles. The van der Waals surface area contributed by atoms with E-state index < -0.39 is 0 Å². The Labute approximate surface area is 86.8 Å². The lowest BCUT2D eigenvalue weighted by Crippen LogP contribution is -1.94. The normalized spacial score (nSPS) is 9.93. The van der Waals surface area contributed by atoms with Gasteiger partial charge in [0.05, 0.1) is 0 Å². The number of hydrogen-bond donors (Lipinski definition) is 2. The summed E-state index contributed by atoms with van der Waals surface area (Å²) in [5, 5.41) is 3.01. The Kier molecular flexibility index (Phi) is 2.49. The van der Waals surface area contributed by atoms with Gasteiger partial charge in [-0.25, -0.2) is 9.37 Å². The lowest BCUT2D eigenvalue weighted by Gasteiger charge is -2.05. The molecule has 0 saturated carbocycles. The number of nitrogens with zero attached hydrogens (tertiary/aromatic N) is 1. The molecule has 0 bridgehead atoms. The van der Waals surface area contributed by atoms with Gasteiger partial charge in [-0.1, -0.05) is 0 Å². The van der Waals surface area contributed by atoms with Crippen molar-refractivity contribution in [1.29, 1.82) is 0 Å². The molecule has 0 unspecified atom stereocenters. The number of benzene rings is 1. The zero-order valence-corrected chi connectivity index (χ0v) is 7.94. The standard InChI is InChI=1S/C11H10FN3/c12-8-1-3-10(4-2-8)15-11-7-9(13)5-6-14-11/h1-7H,(H3,13,14,15). The predicted molar refractivity (Wildman–Crippen MR) is 58.3 cm³/mol. The van der Waals surface area contributed by atoms with Gasteiger partial charge in [0.15, 0.2) is 0 Å². The lowest BCUT2D eigenvalue weighted by atomic mass is 10.3. The maximum atomic E-state index is 12.6. The van der Waals surface area contributed by atoms with Crippen LogP contribution in [0.5, 0.6) is 0 Å². The minimum absolute atomic E-state index is 0.263. The van der Waals surface area contributed by atoms with Crippen LogP contribution in [0.3, 0.4) is 0 Å². The number of pyridine rings is 1. The van der Waals surface area contributed by atoms with Gasteiger partial charge < -0.3 is 11.1 Å². The highest BCUT2D eigenvalue weighted by Gasteiger charge is 1.96. The van der Waals surface area contributed by atoms with Crippen molar-refractivity contribution in [3.63, 3.8) is 0 Å².